The first-order valence-corrected chi connectivity index (χ1v) is 9.53. The Hall–Kier alpha value is -3.34. The number of carbonyl (C=O) groups excluding carboxylic acids is 1. The van der Waals surface area contributed by atoms with Crippen LogP contribution >= 0.6 is 0 Å². The van der Waals surface area contributed by atoms with Crippen LogP contribution in [-0.4, -0.2) is 25.4 Å². The van der Waals surface area contributed by atoms with Gasteiger partial charge in [0.25, 0.3) is 0 Å². The van der Waals surface area contributed by atoms with Gasteiger partial charge in [0.15, 0.2) is 5.65 Å². The number of hydrogen-bond donors (Lipinski definition) is 0. The summed E-state index contributed by atoms with van der Waals surface area (Å²) in [6, 6.07) is 18.1. The Kier molecular flexibility index (Phi) is 4.01. The van der Waals surface area contributed by atoms with E-state index >= 15 is 0 Å². The van der Waals surface area contributed by atoms with Crippen molar-refractivity contribution in [3.05, 3.63) is 83.9 Å². The van der Waals surface area contributed by atoms with Gasteiger partial charge in [-0.25, -0.2) is 9.50 Å². The van der Waals surface area contributed by atoms with Gasteiger partial charge in [0.2, 0.25) is 0 Å². The molecule has 0 amide bonds. The molecule has 2 atom stereocenters. The fraction of sp³-hybridized carbons (Fsp3) is 0.217. The Bertz CT molecular complexity index is 1150. The van der Waals surface area contributed by atoms with E-state index in [-0.39, 0.29) is 11.7 Å². The average molecular weight is 368 g/mol. The Morgan fingerprint density at radius 2 is 1.89 bits per heavy atom. The van der Waals surface area contributed by atoms with E-state index in [0.717, 1.165) is 34.7 Å². The van der Waals surface area contributed by atoms with Crippen LogP contribution in [0.3, 0.4) is 0 Å². The van der Waals surface area contributed by atoms with Gasteiger partial charge < -0.3 is 0 Å². The Morgan fingerprint density at radius 1 is 1.11 bits per heavy atom. The van der Waals surface area contributed by atoms with E-state index in [1.54, 1.807) is 12.4 Å². The third kappa shape index (κ3) is 3.09. The topological polar surface area (TPSA) is 60.2 Å². The zero-order valence-corrected chi connectivity index (χ0v) is 15.6. The molecule has 3 heterocycles. The van der Waals surface area contributed by atoms with Gasteiger partial charge in [0.05, 0.1) is 17.1 Å². The highest BCUT2D eigenvalue weighted by Crippen LogP contribution is 2.48. The van der Waals surface area contributed by atoms with Gasteiger partial charge in [-0.05, 0) is 43.0 Å². The fourth-order valence-electron chi connectivity index (χ4n) is 3.89. The van der Waals surface area contributed by atoms with E-state index in [0.29, 0.717) is 12.3 Å². The van der Waals surface area contributed by atoms with Crippen LogP contribution in [0.4, 0.5) is 0 Å². The summed E-state index contributed by atoms with van der Waals surface area (Å²) in [5, 5.41) is 4.57. The van der Waals surface area contributed by atoms with E-state index in [1.807, 2.05) is 53.9 Å². The molecule has 28 heavy (non-hydrogen) atoms. The van der Waals surface area contributed by atoms with Crippen LogP contribution in [0.25, 0.3) is 16.9 Å². The summed E-state index contributed by atoms with van der Waals surface area (Å²) in [4.78, 5) is 21.6. The van der Waals surface area contributed by atoms with Crippen molar-refractivity contribution in [3.63, 3.8) is 0 Å². The van der Waals surface area contributed by atoms with Crippen molar-refractivity contribution in [3.8, 4) is 11.3 Å². The molecule has 1 saturated carbocycles. The minimum atomic E-state index is 0.0900. The van der Waals surface area contributed by atoms with Crippen LogP contribution in [0.2, 0.25) is 0 Å². The molecule has 0 N–H and O–H groups in total. The number of benzene rings is 1. The lowest BCUT2D eigenvalue weighted by Gasteiger charge is -2.08. The second-order valence-corrected chi connectivity index (χ2v) is 7.43. The van der Waals surface area contributed by atoms with Crippen molar-refractivity contribution in [2.75, 3.05) is 0 Å². The molecule has 3 aromatic heterocycles. The lowest BCUT2D eigenvalue weighted by Crippen LogP contribution is -2.09. The Balaban J connectivity index is 1.44. The van der Waals surface area contributed by atoms with Gasteiger partial charge in [-0.1, -0.05) is 30.3 Å². The van der Waals surface area contributed by atoms with E-state index in [2.05, 4.69) is 22.2 Å². The summed E-state index contributed by atoms with van der Waals surface area (Å²) in [6.45, 7) is 1.96. The average Bonchev–Trinajstić information content (AvgIpc) is 3.44. The van der Waals surface area contributed by atoms with Gasteiger partial charge in [-0.3, -0.25) is 9.78 Å². The number of nitrogens with zero attached hydrogens (tertiary/aromatic N) is 4. The maximum Gasteiger partial charge on any atom is 0.156 e. The number of ketones is 1. The Labute approximate surface area is 163 Å². The van der Waals surface area contributed by atoms with Crippen molar-refractivity contribution in [1.82, 2.24) is 19.6 Å². The zero-order valence-electron chi connectivity index (χ0n) is 15.6. The van der Waals surface area contributed by atoms with Crippen LogP contribution < -0.4 is 0 Å². The zero-order chi connectivity index (χ0) is 19.1. The Morgan fingerprint density at radius 3 is 2.68 bits per heavy atom. The number of carbonyl (C=O) groups is 1. The number of aromatic nitrogens is 4. The quantitative estimate of drug-likeness (QED) is 0.534. The smallest absolute Gasteiger partial charge is 0.156 e. The third-order valence-electron chi connectivity index (χ3n) is 5.37. The second kappa shape index (κ2) is 6.68. The highest BCUT2D eigenvalue weighted by molar-refractivity contribution is 5.87. The van der Waals surface area contributed by atoms with Crippen LogP contribution in [0, 0.1) is 12.8 Å². The molecule has 1 aliphatic rings. The van der Waals surface area contributed by atoms with Crippen molar-refractivity contribution in [2.45, 2.75) is 25.7 Å². The minimum Gasteiger partial charge on any atom is -0.299 e. The summed E-state index contributed by atoms with van der Waals surface area (Å²) >= 11 is 0. The highest BCUT2D eigenvalue weighted by Gasteiger charge is 2.43. The molecule has 5 heteroatoms. The summed E-state index contributed by atoms with van der Waals surface area (Å²) < 4.78 is 1.86. The molecule has 138 valence electrons. The number of fused-ring (bicyclic) bond motifs is 1. The van der Waals surface area contributed by atoms with Crippen LogP contribution in [0.1, 0.15) is 29.3 Å². The van der Waals surface area contributed by atoms with E-state index in [9.17, 15) is 4.79 Å². The second-order valence-electron chi connectivity index (χ2n) is 7.43. The van der Waals surface area contributed by atoms with Gasteiger partial charge in [-0.2, -0.15) is 5.10 Å². The summed E-state index contributed by atoms with van der Waals surface area (Å²) in [7, 11) is 0. The molecule has 1 aromatic carbocycles. The molecular formula is C23H20N4O. The highest BCUT2D eigenvalue weighted by atomic mass is 16.1. The van der Waals surface area contributed by atoms with Crippen molar-refractivity contribution in [1.29, 1.82) is 0 Å². The molecule has 5 nitrogen and oxygen atoms in total. The predicted molar refractivity (Wildman–Crippen MR) is 107 cm³/mol. The molecular weight excluding hydrogens is 348 g/mol. The number of aryl methyl sites for hydroxylation is 1. The monoisotopic (exact) mass is 368 g/mol. The molecule has 5 rings (SSSR count). The third-order valence-corrected chi connectivity index (χ3v) is 5.37. The molecule has 4 aromatic rings. The number of hydrogen-bond acceptors (Lipinski definition) is 4. The van der Waals surface area contributed by atoms with E-state index in [4.69, 9.17) is 4.98 Å². The largest absolute Gasteiger partial charge is 0.299 e. The van der Waals surface area contributed by atoms with Crippen LogP contribution in [0.15, 0.2) is 67.0 Å². The molecule has 1 aliphatic carbocycles. The first-order chi connectivity index (χ1) is 13.7. The summed E-state index contributed by atoms with van der Waals surface area (Å²) in [5.41, 5.74) is 5.72. The number of rotatable bonds is 5. The van der Waals surface area contributed by atoms with Crippen LogP contribution in [-0.2, 0) is 11.2 Å². The SMILES string of the molecule is Cc1cc2nc(CC(=O)C3CC3c3ccncc3)cc(-c3ccccc3)n2n1. The lowest BCUT2D eigenvalue weighted by atomic mass is 10.0. The normalized spacial score (nSPS) is 18.3. The standard InChI is InChI=1S/C23H20N4O/c1-15-11-23-25-18(12-21(27(23)26-15)17-5-3-2-4-6-17)13-22(28)20-14-19(20)16-7-9-24-10-8-16/h2-12,19-20H,13-14H2,1H3. The van der Waals surface area contributed by atoms with Gasteiger partial charge in [0.1, 0.15) is 5.78 Å². The first kappa shape index (κ1) is 16.8. The van der Waals surface area contributed by atoms with Crippen LogP contribution in [0.5, 0.6) is 0 Å². The molecule has 0 radical (unpaired) electrons. The van der Waals surface area contributed by atoms with E-state index < -0.39 is 0 Å². The fourth-order valence-corrected chi connectivity index (χ4v) is 3.89. The van der Waals surface area contributed by atoms with Crippen molar-refractivity contribution < 1.29 is 4.79 Å². The summed E-state index contributed by atoms with van der Waals surface area (Å²) in [6.07, 6.45) is 4.85. The van der Waals surface area contributed by atoms with Gasteiger partial charge in [-0.15, -0.1) is 0 Å². The maximum atomic E-state index is 12.9. The molecule has 2 unspecified atom stereocenters. The van der Waals surface area contributed by atoms with Gasteiger partial charge >= 0.3 is 0 Å². The maximum absolute atomic E-state index is 12.9. The number of Topliss-reactive ketones (excluding diaryl/α,β-unsaturated/α-hetero) is 1. The van der Waals surface area contributed by atoms with Gasteiger partial charge in [0, 0.05) is 36.4 Å². The lowest BCUT2D eigenvalue weighted by molar-refractivity contribution is -0.119. The molecule has 0 saturated heterocycles. The first-order valence-electron chi connectivity index (χ1n) is 9.53. The summed E-state index contributed by atoms with van der Waals surface area (Å²) in [5.74, 6) is 0.672. The van der Waals surface area contributed by atoms with Crippen molar-refractivity contribution in [2.24, 2.45) is 5.92 Å². The molecule has 1 fully saturated rings. The molecule has 0 spiro atoms. The molecule has 0 aliphatic heterocycles. The minimum absolute atomic E-state index is 0.0900. The van der Waals surface area contributed by atoms with Crippen molar-refractivity contribution >= 4 is 11.4 Å². The number of pyridine rings is 1. The predicted octanol–water partition coefficient (Wildman–Crippen LogP) is 4.02. The molecule has 0 bridgehead atoms. The van der Waals surface area contributed by atoms with E-state index in [1.165, 1.54) is 5.56 Å².